The van der Waals surface area contributed by atoms with Crippen LogP contribution in [-0.2, 0) is 11.2 Å². The minimum atomic E-state index is -0.604. The lowest BCUT2D eigenvalue weighted by atomic mass is 10.0. The Balaban J connectivity index is 1.37. The van der Waals surface area contributed by atoms with Crippen molar-refractivity contribution in [2.45, 2.75) is 52.5 Å². The summed E-state index contributed by atoms with van der Waals surface area (Å²) in [6.07, 6.45) is 3.35. The van der Waals surface area contributed by atoms with E-state index in [1.165, 1.54) is 0 Å². The second kappa shape index (κ2) is 12.9. The van der Waals surface area contributed by atoms with E-state index in [1.54, 1.807) is 35.6 Å². The van der Waals surface area contributed by atoms with Gasteiger partial charge in [0.25, 0.3) is 5.91 Å². The van der Waals surface area contributed by atoms with E-state index in [0.29, 0.717) is 42.6 Å². The maximum Gasteiger partial charge on any atom is 0.251 e. The molecule has 182 valence electrons. The predicted octanol–water partition coefficient (Wildman–Crippen LogP) is 4.48. The summed E-state index contributed by atoms with van der Waals surface area (Å²) in [6.45, 7) is 6.84. The van der Waals surface area contributed by atoms with Crippen molar-refractivity contribution in [3.63, 3.8) is 0 Å². The number of nitrogens with zero attached hydrogens (tertiary/aromatic N) is 2. The molecule has 2 aromatic heterocycles. The van der Waals surface area contributed by atoms with Crippen molar-refractivity contribution in [2.75, 3.05) is 13.2 Å². The summed E-state index contributed by atoms with van der Waals surface area (Å²) in [7, 11) is 0. The van der Waals surface area contributed by atoms with Gasteiger partial charge in [-0.25, -0.2) is 0 Å². The molecule has 0 unspecified atom stereocenters. The highest BCUT2D eigenvalue weighted by atomic mass is 32.1. The minimum Gasteiger partial charge on any atom is -0.494 e. The van der Waals surface area contributed by atoms with E-state index in [0.717, 1.165) is 24.1 Å². The zero-order valence-corrected chi connectivity index (χ0v) is 20.7. The first-order chi connectivity index (χ1) is 16.5. The van der Waals surface area contributed by atoms with Gasteiger partial charge in [0.05, 0.1) is 11.5 Å². The number of thiophene rings is 1. The van der Waals surface area contributed by atoms with Gasteiger partial charge < -0.3 is 19.9 Å². The van der Waals surface area contributed by atoms with Crippen LogP contribution >= 0.6 is 11.3 Å². The summed E-state index contributed by atoms with van der Waals surface area (Å²) >= 11 is 1.58. The fraction of sp³-hybridized carbons (Fsp3) is 0.440. The van der Waals surface area contributed by atoms with Crippen molar-refractivity contribution in [2.24, 2.45) is 5.92 Å². The van der Waals surface area contributed by atoms with E-state index in [2.05, 4.69) is 20.8 Å². The summed E-state index contributed by atoms with van der Waals surface area (Å²) in [4.78, 5) is 30.7. The normalized spacial score (nSPS) is 11.9. The second-order valence-electron chi connectivity index (χ2n) is 8.24. The van der Waals surface area contributed by atoms with Gasteiger partial charge in [0.15, 0.2) is 0 Å². The summed E-state index contributed by atoms with van der Waals surface area (Å²) < 4.78 is 10.7. The van der Waals surface area contributed by atoms with E-state index in [-0.39, 0.29) is 17.7 Å². The topological polar surface area (TPSA) is 106 Å². The Morgan fingerprint density at radius 2 is 1.91 bits per heavy atom. The maximum atomic E-state index is 12.7. The zero-order valence-electron chi connectivity index (χ0n) is 19.9. The molecular weight excluding hydrogens is 452 g/mol. The van der Waals surface area contributed by atoms with Crippen LogP contribution in [0.2, 0.25) is 0 Å². The lowest BCUT2D eigenvalue weighted by Crippen LogP contribution is -2.49. The highest BCUT2D eigenvalue weighted by molar-refractivity contribution is 7.13. The Kier molecular flexibility index (Phi) is 9.63. The average molecular weight is 485 g/mol. The number of aromatic nitrogens is 2. The first-order valence-electron chi connectivity index (χ1n) is 11.7. The molecular formula is C25H32N4O4S. The van der Waals surface area contributed by atoms with Gasteiger partial charge in [-0.15, -0.1) is 11.3 Å². The molecule has 8 nitrogen and oxygen atoms in total. The predicted molar refractivity (Wildman–Crippen MR) is 132 cm³/mol. The van der Waals surface area contributed by atoms with Gasteiger partial charge in [-0.3, -0.25) is 9.59 Å². The van der Waals surface area contributed by atoms with E-state index in [1.807, 2.05) is 38.3 Å². The number of nitrogens with one attached hydrogen (secondary N) is 2. The van der Waals surface area contributed by atoms with Gasteiger partial charge in [0.1, 0.15) is 11.8 Å². The molecule has 9 heteroatoms. The van der Waals surface area contributed by atoms with Crippen LogP contribution < -0.4 is 15.4 Å². The molecule has 0 fully saturated rings. The van der Waals surface area contributed by atoms with Gasteiger partial charge in [-0.1, -0.05) is 31.5 Å². The number of ether oxygens (including phenoxy) is 1. The van der Waals surface area contributed by atoms with Crippen molar-refractivity contribution >= 4 is 23.2 Å². The number of unbranched alkanes of at least 4 members (excludes halogenated alkanes) is 2. The fourth-order valence-corrected chi connectivity index (χ4v) is 4.04. The first-order valence-corrected chi connectivity index (χ1v) is 12.5. The zero-order chi connectivity index (χ0) is 24.3. The van der Waals surface area contributed by atoms with Crippen molar-refractivity contribution in [3.05, 3.63) is 53.2 Å². The molecule has 0 aliphatic rings. The van der Waals surface area contributed by atoms with Crippen molar-refractivity contribution in [1.82, 2.24) is 20.8 Å². The standard InChI is InChI=1S/C25H32N4O4S/c1-4-32-19-13-11-18(12-14-19)24(30)28-22(17(2)3)25(31)26-15-7-5-6-10-21-27-23(29-33-21)20-9-8-16-34-20/h8-9,11-14,16-17,22H,4-7,10,15H2,1-3H3,(H,26,31)(H,28,30)/t22-/m1/s1. The quantitative estimate of drug-likeness (QED) is 0.347. The molecule has 0 radical (unpaired) electrons. The Hall–Kier alpha value is -3.20. The number of hydrogen-bond acceptors (Lipinski definition) is 7. The lowest BCUT2D eigenvalue weighted by molar-refractivity contribution is -0.123. The molecule has 3 rings (SSSR count). The van der Waals surface area contributed by atoms with Crippen LogP contribution in [0.4, 0.5) is 0 Å². The molecule has 0 aliphatic carbocycles. The molecule has 0 bridgehead atoms. The van der Waals surface area contributed by atoms with Crippen LogP contribution in [0.25, 0.3) is 10.7 Å². The maximum absolute atomic E-state index is 12.7. The lowest BCUT2D eigenvalue weighted by Gasteiger charge is -2.22. The first kappa shape index (κ1) is 25.4. The number of aryl methyl sites for hydroxylation is 1. The summed E-state index contributed by atoms with van der Waals surface area (Å²) in [6, 6.07) is 10.2. The van der Waals surface area contributed by atoms with Crippen molar-refractivity contribution < 1.29 is 18.8 Å². The Bertz CT molecular complexity index is 1030. The number of amides is 2. The molecule has 2 amide bonds. The monoisotopic (exact) mass is 484 g/mol. The number of hydrogen-bond donors (Lipinski definition) is 2. The number of benzene rings is 1. The van der Waals surface area contributed by atoms with Crippen LogP contribution in [0.3, 0.4) is 0 Å². The van der Waals surface area contributed by atoms with E-state index < -0.39 is 6.04 Å². The van der Waals surface area contributed by atoms with Crippen molar-refractivity contribution in [3.8, 4) is 16.5 Å². The molecule has 2 N–H and O–H groups in total. The van der Waals surface area contributed by atoms with Gasteiger partial charge in [-0.2, -0.15) is 4.98 Å². The highest BCUT2D eigenvalue weighted by Crippen LogP contribution is 2.21. The third-order valence-electron chi connectivity index (χ3n) is 5.24. The Morgan fingerprint density at radius 1 is 1.12 bits per heavy atom. The summed E-state index contributed by atoms with van der Waals surface area (Å²) in [5.41, 5.74) is 0.491. The fourth-order valence-electron chi connectivity index (χ4n) is 3.39. The molecule has 2 heterocycles. The van der Waals surface area contributed by atoms with Gasteiger partial charge >= 0.3 is 0 Å². The molecule has 3 aromatic rings. The summed E-state index contributed by atoms with van der Waals surface area (Å²) in [5.74, 6) is 1.47. The number of rotatable bonds is 13. The van der Waals surface area contributed by atoms with E-state index in [4.69, 9.17) is 9.26 Å². The molecule has 1 atom stereocenters. The van der Waals surface area contributed by atoms with Crippen LogP contribution in [0.15, 0.2) is 46.3 Å². The average Bonchev–Trinajstić information content (AvgIpc) is 3.52. The van der Waals surface area contributed by atoms with Crippen LogP contribution in [0.5, 0.6) is 5.75 Å². The van der Waals surface area contributed by atoms with Crippen LogP contribution in [-0.4, -0.2) is 41.1 Å². The summed E-state index contributed by atoms with van der Waals surface area (Å²) in [5, 5.41) is 11.8. The SMILES string of the molecule is CCOc1ccc(C(=O)N[C@@H](C(=O)NCCCCCc2nc(-c3cccs3)no2)C(C)C)cc1. The third kappa shape index (κ3) is 7.41. The number of carbonyl (C=O) groups excluding carboxylic acids is 2. The highest BCUT2D eigenvalue weighted by Gasteiger charge is 2.24. The Labute approximate surface area is 204 Å². The van der Waals surface area contributed by atoms with E-state index >= 15 is 0 Å². The van der Waals surface area contributed by atoms with E-state index in [9.17, 15) is 9.59 Å². The van der Waals surface area contributed by atoms with Crippen molar-refractivity contribution in [1.29, 1.82) is 0 Å². The largest absolute Gasteiger partial charge is 0.494 e. The molecule has 0 saturated heterocycles. The second-order valence-corrected chi connectivity index (χ2v) is 9.19. The van der Waals surface area contributed by atoms with Crippen LogP contribution in [0, 0.1) is 5.92 Å². The van der Waals surface area contributed by atoms with Gasteiger partial charge in [0.2, 0.25) is 17.6 Å². The molecule has 0 saturated carbocycles. The molecule has 34 heavy (non-hydrogen) atoms. The Morgan fingerprint density at radius 3 is 2.59 bits per heavy atom. The molecule has 0 spiro atoms. The van der Waals surface area contributed by atoms with Gasteiger partial charge in [-0.05, 0) is 61.4 Å². The van der Waals surface area contributed by atoms with Gasteiger partial charge in [0, 0.05) is 18.5 Å². The number of carbonyl (C=O) groups is 2. The molecule has 1 aromatic carbocycles. The van der Waals surface area contributed by atoms with Crippen LogP contribution in [0.1, 0.15) is 56.3 Å². The smallest absolute Gasteiger partial charge is 0.251 e. The minimum absolute atomic E-state index is 0.0401. The third-order valence-corrected chi connectivity index (χ3v) is 6.11. The molecule has 0 aliphatic heterocycles.